The fourth-order valence-corrected chi connectivity index (χ4v) is 2.14. The van der Waals surface area contributed by atoms with E-state index in [1.807, 2.05) is 16.7 Å². The zero-order valence-corrected chi connectivity index (χ0v) is 12.1. The Hall–Kier alpha value is -0.260. The van der Waals surface area contributed by atoms with Crippen LogP contribution in [-0.2, 0) is 4.79 Å². The van der Waals surface area contributed by atoms with Crippen LogP contribution in [0.1, 0.15) is 13.3 Å². The van der Waals surface area contributed by atoms with Gasteiger partial charge in [-0.25, -0.2) is 0 Å². The maximum absolute atomic E-state index is 11.9. The van der Waals surface area contributed by atoms with E-state index >= 15 is 0 Å². The molecular weight excluding hydrogens is 234 g/mol. The maximum atomic E-state index is 11.9. The van der Waals surface area contributed by atoms with Gasteiger partial charge in [0.25, 0.3) is 0 Å². The van der Waals surface area contributed by atoms with E-state index < -0.39 is 0 Å². The second-order valence-electron chi connectivity index (χ2n) is 4.70. The average molecular weight is 259 g/mol. The summed E-state index contributed by atoms with van der Waals surface area (Å²) in [5.41, 5.74) is 0. The molecule has 1 saturated heterocycles. The second kappa shape index (κ2) is 7.95. The summed E-state index contributed by atoms with van der Waals surface area (Å²) in [7, 11) is 2.10. The Morgan fingerprint density at radius 3 is 2.59 bits per heavy atom. The van der Waals surface area contributed by atoms with Gasteiger partial charge >= 0.3 is 0 Å². The van der Waals surface area contributed by atoms with Crippen molar-refractivity contribution in [2.75, 3.05) is 52.6 Å². The molecule has 1 unspecified atom stereocenters. The molecule has 1 aliphatic heterocycles. The van der Waals surface area contributed by atoms with Gasteiger partial charge in [-0.3, -0.25) is 4.79 Å². The van der Waals surface area contributed by atoms with Crippen LogP contribution in [0.25, 0.3) is 0 Å². The number of thioether (sulfide) groups is 1. The number of rotatable bonds is 6. The highest BCUT2D eigenvalue weighted by molar-refractivity contribution is 7.99. The summed E-state index contributed by atoms with van der Waals surface area (Å²) in [6.07, 6.45) is 3.25. The van der Waals surface area contributed by atoms with Gasteiger partial charge < -0.3 is 15.1 Å². The normalized spacial score (nSPS) is 19.4. The highest BCUT2D eigenvalue weighted by Crippen LogP contribution is 2.07. The number of carbonyl (C=O) groups excluding carboxylic acids is 1. The van der Waals surface area contributed by atoms with Crippen LogP contribution in [-0.4, -0.2) is 73.5 Å². The number of nitrogens with one attached hydrogen (secondary N) is 1. The fraction of sp³-hybridized carbons (Fsp3) is 0.917. The number of hydrogen-bond donors (Lipinski definition) is 1. The van der Waals surface area contributed by atoms with Crippen LogP contribution >= 0.6 is 11.8 Å². The fourth-order valence-electron chi connectivity index (χ4n) is 1.79. The lowest BCUT2D eigenvalue weighted by Gasteiger charge is -2.32. The summed E-state index contributed by atoms with van der Waals surface area (Å²) < 4.78 is 0. The Morgan fingerprint density at radius 2 is 2.00 bits per heavy atom. The SMILES string of the molecule is CSC(C)CCNCC(=O)N1CCN(C)CC1. The molecule has 1 heterocycles. The topological polar surface area (TPSA) is 35.6 Å². The van der Waals surface area contributed by atoms with Gasteiger partial charge in [-0.1, -0.05) is 6.92 Å². The van der Waals surface area contributed by atoms with Gasteiger partial charge in [-0.15, -0.1) is 0 Å². The molecule has 1 amide bonds. The zero-order chi connectivity index (χ0) is 12.7. The van der Waals surface area contributed by atoms with Crippen molar-refractivity contribution in [3.8, 4) is 0 Å². The smallest absolute Gasteiger partial charge is 0.236 e. The minimum absolute atomic E-state index is 0.245. The molecule has 17 heavy (non-hydrogen) atoms. The van der Waals surface area contributed by atoms with E-state index in [4.69, 9.17) is 0 Å². The van der Waals surface area contributed by atoms with Crippen molar-refractivity contribution >= 4 is 17.7 Å². The molecule has 0 saturated carbocycles. The Bertz CT molecular complexity index is 230. The van der Waals surface area contributed by atoms with Crippen LogP contribution in [0.15, 0.2) is 0 Å². The van der Waals surface area contributed by atoms with Gasteiger partial charge in [0.2, 0.25) is 5.91 Å². The van der Waals surface area contributed by atoms with Crippen molar-refractivity contribution in [1.82, 2.24) is 15.1 Å². The van der Waals surface area contributed by atoms with Crippen molar-refractivity contribution in [2.45, 2.75) is 18.6 Å². The first kappa shape index (κ1) is 14.8. The van der Waals surface area contributed by atoms with E-state index in [-0.39, 0.29) is 5.91 Å². The minimum Gasteiger partial charge on any atom is -0.339 e. The number of likely N-dealkylation sites (N-methyl/N-ethyl adjacent to an activating group) is 1. The summed E-state index contributed by atoms with van der Waals surface area (Å²) in [6.45, 7) is 7.38. The molecule has 0 spiro atoms. The quantitative estimate of drug-likeness (QED) is 0.704. The Balaban J connectivity index is 2.08. The summed E-state index contributed by atoms with van der Waals surface area (Å²) in [6, 6.07) is 0. The highest BCUT2D eigenvalue weighted by atomic mass is 32.2. The first-order chi connectivity index (χ1) is 8.13. The van der Waals surface area contributed by atoms with Crippen LogP contribution in [0.4, 0.5) is 0 Å². The van der Waals surface area contributed by atoms with Crippen LogP contribution in [0.5, 0.6) is 0 Å². The molecule has 0 bridgehead atoms. The Morgan fingerprint density at radius 1 is 1.35 bits per heavy atom. The summed E-state index contributed by atoms with van der Waals surface area (Å²) >= 11 is 1.87. The van der Waals surface area contributed by atoms with E-state index in [0.717, 1.165) is 39.1 Å². The molecule has 0 aliphatic carbocycles. The van der Waals surface area contributed by atoms with E-state index in [2.05, 4.69) is 30.4 Å². The number of hydrogen-bond acceptors (Lipinski definition) is 4. The van der Waals surface area contributed by atoms with E-state index in [0.29, 0.717) is 11.8 Å². The lowest BCUT2D eigenvalue weighted by molar-refractivity contribution is -0.131. The molecule has 5 heteroatoms. The molecule has 0 aromatic rings. The number of carbonyl (C=O) groups is 1. The van der Waals surface area contributed by atoms with Gasteiger partial charge in [0.1, 0.15) is 0 Å². The summed E-state index contributed by atoms with van der Waals surface area (Å²) in [4.78, 5) is 16.1. The maximum Gasteiger partial charge on any atom is 0.236 e. The molecule has 4 nitrogen and oxygen atoms in total. The van der Waals surface area contributed by atoms with Gasteiger partial charge in [0, 0.05) is 31.4 Å². The predicted molar refractivity (Wildman–Crippen MR) is 74.5 cm³/mol. The molecule has 1 aliphatic rings. The van der Waals surface area contributed by atoms with Crippen molar-refractivity contribution in [3.63, 3.8) is 0 Å². The number of nitrogens with zero attached hydrogens (tertiary/aromatic N) is 2. The molecule has 1 fully saturated rings. The highest BCUT2D eigenvalue weighted by Gasteiger charge is 2.18. The summed E-state index contributed by atoms with van der Waals surface area (Å²) in [5, 5.41) is 3.91. The van der Waals surface area contributed by atoms with Crippen molar-refractivity contribution in [3.05, 3.63) is 0 Å². The van der Waals surface area contributed by atoms with Crippen LogP contribution in [0.2, 0.25) is 0 Å². The Kier molecular flexibility index (Phi) is 6.92. The standard InChI is InChI=1S/C12H25N3OS/c1-11(17-3)4-5-13-10-12(16)15-8-6-14(2)7-9-15/h11,13H,4-10H2,1-3H3. The summed E-state index contributed by atoms with van der Waals surface area (Å²) in [5.74, 6) is 0.245. The lowest BCUT2D eigenvalue weighted by atomic mass is 10.3. The first-order valence-corrected chi connectivity index (χ1v) is 7.62. The van der Waals surface area contributed by atoms with Gasteiger partial charge in [-0.05, 0) is 26.3 Å². The van der Waals surface area contributed by atoms with Gasteiger partial charge in [0.05, 0.1) is 6.54 Å². The largest absolute Gasteiger partial charge is 0.339 e. The molecule has 0 aromatic heterocycles. The monoisotopic (exact) mass is 259 g/mol. The minimum atomic E-state index is 0.245. The molecular formula is C12H25N3OS. The van der Waals surface area contributed by atoms with Crippen LogP contribution in [0.3, 0.4) is 0 Å². The number of amides is 1. The zero-order valence-electron chi connectivity index (χ0n) is 11.2. The van der Waals surface area contributed by atoms with E-state index in [1.54, 1.807) is 0 Å². The molecule has 1 N–H and O–H groups in total. The predicted octanol–water partition coefficient (Wildman–Crippen LogP) is 0.492. The lowest BCUT2D eigenvalue weighted by Crippen LogP contribution is -2.49. The molecule has 1 atom stereocenters. The number of piperazine rings is 1. The molecule has 100 valence electrons. The first-order valence-electron chi connectivity index (χ1n) is 6.33. The van der Waals surface area contributed by atoms with Crippen molar-refractivity contribution in [1.29, 1.82) is 0 Å². The second-order valence-corrected chi connectivity index (χ2v) is 5.97. The van der Waals surface area contributed by atoms with Gasteiger partial charge in [0.15, 0.2) is 0 Å². The molecule has 1 rings (SSSR count). The van der Waals surface area contributed by atoms with Gasteiger partial charge in [-0.2, -0.15) is 11.8 Å². The molecule has 0 radical (unpaired) electrons. The third-order valence-corrected chi connectivity index (χ3v) is 4.30. The molecule has 0 aromatic carbocycles. The van der Waals surface area contributed by atoms with Crippen LogP contribution in [0, 0.1) is 0 Å². The van der Waals surface area contributed by atoms with E-state index in [1.165, 1.54) is 0 Å². The van der Waals surface area contributed by atoms with Crippen molar-refractivity contribution < 1.29 is 4.79 Å². The third-order valence-electron chi connectivity index (χ3n) is 3.26. The Labute approximate surface area is 109 Å². The third kappa shape index (κ3) is 5.75. The van der Waals surface area contributed by atoms with Crippen molar-refractivity contribution in [2.24, 2.45) is 0 Å². The average Bonchev–Trinajstić information content (AvgIpc) is 2.34. The van der Waals surface area contributed by atoms with E-state index in [9.17, 15) is 4.79 Å². The van der Waals surface area contributed by atoms with Crippen LogP contribution < -0.4 is 5.32 Å².